The quantitative estimate of drug-likeness (QED) is 0.685. The Morgan fingerprint density at radius 2 is 2.00 bits per heavy atom. The van der Waals surface area contributed by atoms with Crippen LogP contribution < -0.4 is 10.5 Å². The average molecular weight is 318 g/mol. The molecule has 23 heavy (non-hydrogen) atoms. The van der Waals surface area contributed by atoms with E-state index in [2.05, 4.69) is 0 Å². The van der Waals surface area contributed by atoms with E-state index in [9.17, 15) is 4.79 Å². The van der Waals surface area contributed by atoms with Gasteiger partial charge in [-0.05, 0) is 51.5 Å². The molecule has 1 heterocycles. The van der Waals surface area contributed by atoms with Gasteiger partial charge in [0.2, 0.25) is 5.91 Å². The highest BCUT2D eigenvalue weighted by molar-refractivity contribution is 5.92. The second-order valence-electron chi connectivity index (χ2n) is 6.30. The van der Waals surface area contributed by atoms with Gasteiger partial charge in [0.25, 0.3) is 0 Å². The summed E-state index contributed by atoms with van der Waals surface area (Å²) < 4.78 is 11.2. The van der Waals surface area contributed by atoms with Crippen LogP contribution in [0.5, 0.6) is 5.75 Å². The van der Waals surface area contributed by atoms with Gasteiger partial charge < -0.3 is 20.1 Å². The molecule has 5 heteroatoms. The van der Waals surface area contributed by atoms with E-state index in [-0.39, 0.29) is 24.2 Å². The molecule has 0 spiro atoms. The maximum atomic E-state index is 12.3. The number of hydrogen-bond donors (Lipinski definition) is 1. The van der Waals surface area contributed by atoms with Crippen LogP contribution in [0.25, 0.3) is 6.08 Å². The molecule has 2 N–H and O–H groups in total. The lowest BCUT2D eigenvalue weighted by Gasteiger charge is -2.34. The predicted octanol–water partition coefficient (Wildman–Crippen LogP) is 2.71. The van der Waals surface area contributed by atoms with E-state index in [1.807, 2.05) is 50.8 Å². The van der Waals surface area contributed by atoms with Gasteiger partial charge in [-0.1, -0.05) is 6.07 Å². The molecule has 0 bridgehead atoms. The molecule has 2 atom stereocenters. The van der Waals surface area contributed by atoms with Gasteiger partial charge in [0.1, 0.15) is 5.75 Å². The summed E-state index contributed by atoms with van der Waals surface area (Å²) in [4.78, 5) is 14.1. The van der Waals surface area contributed by atoms with Crippen LogP contribution in [0.3, 0.4) is 0 Å². The van der Waals surface area contributed by atoms with Crippen LogP contribution in [0.2, 0.25) is 0 Å². The molecule has 0 saturated carbocycles. The first-order chi connectivity index (χ1) is 10.8. The Bertz CT molecular complexity index is 574. The minimum absolute atomic E-state index is 0.00641. The van der Waals surface area contributed by atoms with Crippen LogP contribution in [0.4, 0.5) is 5.69 Å². The molecule has 0 radical (unpaired) electrons. The van der Waals surface area contributed by atoms with Crippen molar-refractivity contribution in [2.45, 2.75) is 46.0 Å². The molecule has 1 fully saturated rings. The molecular formula is C18H26N2O3. The van der Waals surface area contributed by atoms with Gasteiger partial charge in [-0.2, -0.15) is 0 Å². The summed E-state index contributed by atoms with van der Waals surface area (Å²) >= 11 is 0. The number of anilines is 1. The van der Waals surface area contributed by atoms with Gasteiger partial charge in [-0.15, -0.1) is 0 Å². The fourth-order valence-corrected chi connectivity index (χ4v) is 2.66. The standard InChI is InChI=1S/C18H26N2O3/c1-12(2)22-17-7-5-15(9-16(17)19)6-8-18(21)20-10-13(3)23-14(4)11-20/h5-9,12-14H,10-11,19H2,1-4H3/b8-6-. The molecule has 126 valence electrons. The number of amides is 1. The summed E-state index contributed by atoms with van der Waals surface area (Å²) in [6.07, 6.45) is 3.58. The third-order valence-electron chi connectivity index (χ3n) is 3.55. The number of ether oxygens (including phenoxy) is 2. The molecule has 1 aromatic carbocycles. The smallest absolute Gasteiger partial charge is 0.246 e. The van der Waals surface area contributed by atoms with Crippen molar-refractivity contribution in [3.8, 4) is 5.75 Å². The molecule has 0 aliphatic carbocycles. The second kappa shape index (κ2) is 7.51. The highest BCUT2D eigenvalue weighted by Gasteiger charge is 2.24. The predicted molar refractivity (Wildman–Crippen MR) is 92.2 cm³/mol. The number of morpholine rings is 1. The number of nitrogens with zero attached hydrogens (tertiary/aromatic N) is 1. The van der Waals surface area contributed by atoms with Crippen LogP contribution >= 0.6 is 0 Å². The first kappa shape index (κ1) is 17.3. The van der Waals surface area contributed by atoms with Crippen LogP contribution in [0.1, 0.15) is 33.3 Å². The van der Waals surface area contributed by atoms with Crippen LogP contribution in [-0.2, 0) is 9.53 Å². The monoisotopic (exact) mass is 318 g/mol. The molecule has 1 aromatic rings. The Labute approximate surface area is 138 Å². The summed E-state index contributed by atoms with van der Waals surface area (Å²) in [7, 11) is 0. The fourth-order valence-electron chi connectivity index (χ4n) is 2.66. The van der Waals surface area contributed by atoms with Gasteiger partial charge >= 0.3 is 0 Å². The highest BCUT2D eigenvalue weighted by atomic mass is 16.5. The molecule has 2 rings (SSSR count). The van der Waals surface area contributed by atoms with E-state index in [4.69, 9.17) is 15.2 Å². The highest BCUT2D eigenvalue weighted by Crippen LogP contribution is 2.24. The van der Waals surface area contributed by atoms with Crippen molar-refractivity contribution in [2.24, 2.45) is 0 Å². The normalized spacial score (nSPS) is 21.9. The minimum Gasteiger partial charge on any atom is -0.489 e. The van der Waals surface area contributed by atoms with Crippen molar-refractivity contribution >= 4 is 17.7 Å². The SMILES string of the molecule is CC(C)Oc1ccc(/C=C\C(=O)N2CC(C)OC(C)C2)cc1N. The lowest BCUT2D eigenvalue weighted by Crippen LogP contribution is -2.47. The molecular weight excluding hydrogens is 292 g/mol. The number of rotatable bonds is 4. The average Bonchev–Trinajstić information content (AvgIpc) is 2.46. The van der Waals surface area contributed by atoms with E-state index in [0.29, 0.717) is 24.5 Å². The summed E-state index contributed by atoms with van der Waals surface area (Å²) in [5.41, 5.74) is 7.43. The second-order valence-corrected chi connectivity index (χ2v) is 6.30. The number of hydrogen-bond acceptors (Lipinski definition) is 4. The van der Waals surface area contributed by atoms with E-state index < -0.39 is 0 Å². The molecule has 1 amide bonds. The first-order valence-electron chi connectivity index (χ1n) is 8.03. The summed E-state index contributed by atoms with van der Waals surface area (Å²) in [5, 5.41) is 0. The van der Waals surface area contributed by atoms with Crippen molar-refractivity contribution in [3.05, 3.63) is 29.8 Å². The van der Waals surface area contributed by atoms with Gasteiger partial charge in [0.15, 0.2) is 0 Å². The number of carbonyl (C=O) groups is 1. The zero-order valence-corrected chi connectivity index (χ0v) is 14.3. The number of nitrogens with two attached hydrogens (primary N) is 1. The third-order valence-corrected chi connectivity index (χ3v) is 3.55. The van der Waals surface area contributed by atoms with E-state index >= 15 is 0 Å². The molecule has 5 nitrogen and oxygen atoms in total. The lowest BCUT2D eigenvalue weighted by molar-refractivity contribution is -0.137. The van der Waals surface area contributed by atoms with Gasteiger partial charge in [0.05, 0.1) is 24.0 Å². The maximum Gasteiger partial charge on any atom is 0.246 e. The number of nitrogen functional groups attached to an aromatic ring is 1. The van der Waals surface area contributed by atoms with E-state index in [1.54, 1.807) is 12.2 Å². The largest absolute Gasteiger partial charge is 0.489 e. The Morgan fingerprint density at radius 1 is 1.35 bits per heavy atom. The van der Waals surface area contributed by atoms with Gasteiger partial charge in [-0.3, -0.25) is 4.79 Å². The third kappa shape index (κ3) is 4.99. The Balaban J connectivity index is 2.02. The number of carbonyl (C=O) groups excluding carboxylic acids is 1. The van der Waals surface area contributed by atoms with Crippen molar-refractivity contribution < 1.29 is 14.3 Å². The van der Waals surface area contributed by atoms with Crippen LogP contribution in [0, 0.1) is 0 Å². The molecule has 0 aromatic heterocycles. The van der Waals surface area contributed by atoms with Crippen LogP contribution in [0.15, 0.2) is 24.3 Å². The van der Waals surface area contributed by atoms with E-state index in [1.165, 1.54) is 0 Å². The van der Waals surface area contributed by atoms with Crippen molar-refractivity contribution in [1.82, 2.24) is 4.90 Å². The summed E-state index contributed by atoms with van der Waals surface area (Å²) in [6.45, 7) is 9.11. The molecule has 1 aliphatic heterocycles. The minimum atomic E-state index is -0.00641. The Kier molecular flexibility index (Phi) is 5.66. The topological polar surface area (TPSA) is 64.8 Å². The van der Waals surface area contributed by atoms with Crippen molar-refractivity contribution in [2.75, 3.05) is 18.8 Å². The zero-order valence-electron chi connectivity index (χ0n) is 14.3. The molecule has 2 unspecified atom stereocenters. The van der Waals surface area contributed by atoms with Crippen LogP contribution in [-0.4, -0.2) is 42.2 Å². The fraction of sp³-hybridized carbons (Fsp3) is 0.500. The summed E-state index contributed by atoms with van der Waals surface area (Å²) in [5.74, 6) is 0.660. The summed E-state index contributed by atoms with van der Waals surface area (Å²) in [6, 6.07) is 5.53. The van der Waals surface area contributed by atoms with E-state index in [0.717, 1.165) is 5.56 Å². The van der Waals surface area contributed by atoms with Gasteiger partial charge in [-0.25, -0.2) is 0 Å². The van der Waals surface area contributed by atoms with Crippen molar-refractivity contribution in [1.29, 1.82) is 0 Å². The Hall–Kier alpha value is -2.01. The molecule has 1 saturated heterocycles. The zero-order chi connectivity index (χ0) is 17.0. The van der Waals surface area contributed by atoms with Gasteiger partial charge in [0, 0.05) is 19.2 Å². The number of benzene rings is 1. The molecule has 1 aliphatic rings. The first-order valence-corrected chi connectivity index (χ1v) is 8.03. The van der Waals surface area contributed by atoms with Crippen molar-refractivity contribution in [3.63, 3.8) is 0 Å². The lowest BCUT2D eigenvalue weighted by atomic mass is 10.1. The Morgan fingerprint density at radius 3 is 2.57 bits per heavy atom. The maximum absolute atomic E-state index is 12.3.